The number of anilines is 2. The number of nitrogens with zero attached hydrogens (tertiary/aromatic N) is 2. The van der Waals surface area contributed by atoms with Crippen LogP contribution in [0, 0.1) is 6.92 Å². The summed E-state index contributed by atoms with van der Waals surface area (Å²) in [6.07, 6.45) is 0.615. The third-order valence-corrected chi connectivity index (χ3v) is 4.23. The molecule has 8 heteroatoms. The van der Waals surface area contributed by atoms with Crippen LogP contribution in [0.2, 0.25) is 10.0 Å². The zero-order valence-electron chi connectivity index (χ0n) is 11.5. The summed E-state index contributed by atoms with van der Waals surface area (Å²) in [5, 5.41) is 15.8. The molecule has 0 unspecified atom stereocenters. The molecule has 1 aromatic heterocycles. The zero-order valence-corrected chi connectivity index (χ0v) is 13.8. The summed E-state index contributed by atoms with van der Waals surface area (Å²) in [6, 6.07) is 4.76. The maximum Gasteiger partial charge on any atom is 0.248 e. The highest BCUT2D eigenvalue weighted by molar-refractivity contribution is 7.15. The number of hydrogen-bond donors (Lipinski definition) is 2. The second-order valence-electron chi connectivity index (χ2n) is 4.35. The van der Waals surface area contributed by atoms with Crippen LogP contribution in [0.4, 0.5) is 10.8 Å². The summed E-state index contributed by atoms with van der Waals surface area (Å²) in [5.41, 5.74) is 0.736. The van der Waals surface area contributed by atoms with E-state index in [2.05, 4.69) is 20.8 Å². The second kappa shape index (κ2) is 7.06. The minimum atomic E-state index is -0.397. The number of hydrogen-bond acceptors (Lipinski definition) is 5. The molecule has 0 radical (unpaired) electrons. The Balaban J connectivity index is 2.04. The molecule has 2 aromatic rings. The topological polar surface area (TPSA) is 66.9 Å². The molecular formula is C13H14Cl2N4OS. The highest BCUT2D eigenvalue weighted by Gasteiger charge is 2.18. The number of carbonyl (C=O) groups excluding carboxylic acids is 1. The van der Waals surface area contributed by atoms with Crippen LogP contribution in [0.1, 0.15) is 18.4 Å². The zero-order chi connectivity index (χ0) is 15.4. The van der Waals surface area contributed by atoms with Crippen molar-refractivity contribution >= 4 is 51.3 Å². The van der Waals surface area contributed by atoms with Crippen LogP contribution < -0.4 is 10.6 Å². The molecule has 0 aliphatic carbocycles. The van der Waals surface area contributed by atoms with Crippen LogP contribution >= 0.6 is 34.5 Å². The van der Waals surface area contributed by atoms with E-state index >= 15 is 0 Å². The van der Waals surface area contributed by atoms with E-state index in [4.69, 9.17) is 23.2 Å². The van der Waals surface area contributed by atoms with Gasteiger partial charge < -0.3 is 5.32 Å². The summed E-state index contributed by atoms with van der Waals surface area (Å²) >= 11 is 13.2. The van der Waals surface area contributed by atoms with Gasteiger partial charge in [-0.25, -0.2) is 0 Å². The Kier molecular flexibility index (Phi) is 5.39. The first kappa shape index (κ1) is 16.0. The summed E-state index contributed by atoms with van der Waals surface area (Å²) in [7, 11) is 0. The molecule has 1 aromatic carbocycles. The predicted octanol–water partition coefficient (Wildman–Crippen LogP) is 3.98. The minimum absolute atomic E-state index is 0.167. The molecule has 0 fully saturated rings. The number of aromatic nitrogens is 2. The fraction of sp³-hybridized carbons (Fsp3) is 0.308. The maximum absolute atomic E-state index is 12.2. The van der Waals surface area contributed by atoms with E-state index in [1.807, 2.05) is 13.8 Å². The molecule has 0 spiro atoms. The van der Waals surface area contributed by atoms with E-state index in [1.54, 1.807) is 18.2 Å². The molecule has 5 nitrogen and oxygen atoms in total. The van der Waals surface area contributed by atoms with Crippen molar-refractivity contribution in [3.05, 3.63) is 33.3 Å². The van der Waals surface area contributed by atoms with Gasteiger partial charge in [-0.2, -0.15) is 0 Å². The number of rotatable bonds is 5. The van der Waals surface area contributed by atoms with Crippen LogP contribution in [-0.2, 0) is 4.79 Å². The van der Waals surface area contributed by atoms with Gasteiger partial charge in [0.05, 0.1) is 10.0 Å². The van der Waals surface area contributed by atoms with Crippen LogP contribution in [0.25, 0.3) is 0 Å². The van der Waals surface area contributed by atoms with Crippen molar-refractivity contribution in [3.63, 3.8) is 0 Å². The van der Waals surface area contributed by atoms with E-state index in [-0.39, 0.29) is 5.91 Å². The Morgan fingerprint density at radius 3 is 2.67 bits per heavy atom. The van der Waals surface area contributed by atoms with Crippen LogP contribution in [0.5, 0.6) is 0 Å². The molecular weight excluding hydrogens is 331 g/mol. The minimum Gasteiger partial charge on any atom is -0.374 e. The first-order valence-electron chi connectivity index (χ1n) is 6.32. The number of halogens is 2. The summed E-state index contributed by atoms with van der Waals surface area (Å²) in [6.45, 7) is 3.75. The molecule has 1 atom stereocenters. The second-order valence-corrected chi connectivity index (χ2v) is 6.35. The van der Waals surface area contributed by atoms with Crippen LogP contribution in [0.3, 0.4) is 0 Å². The first-order valence-corrected chi connectivity index (χ1v) is 7.89. The van der Waals surface area contributed by atoms with Gasteiger partial charge in [0, 0.05) is 5.69 Å². The Morgan fingerprint density at radius 2 is 2.10 bits per heavy atom. The Labute approximate surface area is 136 Å². The SMILES string of the molecule is CC[C@@H](Nc1ccc(Cl)c(Cl)c1)C(=O)Nc1nnc(C)s1. The fourth-order valence-electron chi connectivity index (χ4n) is 1.68. The smallest absolute Gasteiger partial charge is 0.248 e. The van der Waals surface area contributed by atoms with Gasteiger partial charge in [-0.1, -0.05) is 41.5 Å². The van der Waals surface area contributed by atoms with Gasteiger partial charge in [0.1, 0.15) is 11.0 Å². The highest BCUT2D eigenvalue weighted by atomic mass is 35.5. The molecule has 112 valence electrons. The van der Waals surface area contributed by atoms with E-state index < -0.39 is 6.04 Å². The summed E-state index contributed by atoms with van der Waals surface area (Å²) in [5.74, 6) is -0.167. The van der Waals surface area contributed by atoms with Gasteiger partial charge in [-0.05, 0) is 31.5 Å². The number of amides is 1. The van der Waals surface area contributed by atoms with Gasteiger partial charge in [0.15, 0.2) is 0 Å². The summed E-state index contributed by atoms with van der Waals surface area (Å²) in [4.78, 5) is 12.2. The Bertz CT molecular complexity index is 647. The van der Waals surface area contributed by atoms with Crippen molar-refractivity contribution in [3.8, 4) is 0 Å². The molecule has 2 N–H and O–H groups in total. The number of aryl methyl sites for hydroxylation is 1. The van der Waals surface area contributed by atoms with Gasteiger partial charge in [0.25, 0.3) is 0 Å². The molecule has 2 rings (SSSR count). The lowest BCUT2D eigenvalue weighted by molar-refractivity contribution is -0.117. The first-order chi connectivity index (χ1) is 9.99. The van der Waals surface area contributed by atoms with Crippen molar-refractivity contribution in [2.75, 3.05) is 10.6 Å². The van der Waals surface area contributed by atoms with Gasteiger partial charge in [-0.15, -0.1) is 10.2 Å². The van der Waals surface area contributed by atoms with E-state index in [0.29, 0.717) is 21.6 Å². The van der Waals surface area contributed by atoms with Gasteiger partial charge in [0.2, 0.25) is 11.0 Å². The lowest BCUT2D eigenvalue weighted by atomic mass is 10.2. The number of carbonyl (C=O) groups is 1. The van der Waals surface area contributed by atoms with Gasteiger partial charge in [-0.3, -0.25) is 10.1 Å². The van der Waals surface area contributed by atoms with Crippen LogP contribution in [0.15, 0.2) is 18.2 Å². The molecule has 0 bridgehead atoms. The molecule has 0 saturated carbocycles. The Hall–Kier alpha value is -1.37. The molecule has 21 heavy (non-hydrogen) atoms. The normalized spacial score (nSPS) is 12.0. The average molecular weight is 345 g/mol. The predicted molar refractivity (Wildman–Crippen MR) is 87.4 cm³/mol. The van der Waals surface area contributed by atoms with Crippen molar-refractivity contribution in [1.29, 1.82) is 0 Å². The van der Waals surface area contributed by atoms with E-state index in [1.165, 1.54) is 11.3 Å². The van der Waals surface area contributed by atoms with Gasteiger partial charge >= 0.3 is 0 Å². The quantitative estimate of drug-likeness (QED) is 0.860. The van der Waals surface area contributed by atoms with Crippen LogP contribution in [-0.4, -0.2) is 22.1 Å². The van der Waals surface area contributed by atoms with Crippen molar-refractivity contribution in [2.24, 2.45) is 0 Å². The molecule has 1 amide bonds. The standard InChI is InChI=1S/C13H14Cl2N4OS/c1-3-11(12(20)17-13-19-18-7(2)21-13)16-8-4-5-9(14)10(15)6-8/h4-6,11,16H,3H2,1-2H3,(H,17,19,20)/t11-/m1/s1. The lowest BCUT2D eigenvalue weighted by Crippen LogP contribution is -2.34. The van der Waals surface area contributed by atoms with Crippen molar-refractivity contribution < 1.29 is 4.79 Å². The lowest BCUT2D eigenvalue weighted by Gasteiger charge is -2.17. The highest BCUT2D eigenvalue weighted by Crippen LogP contribution is 2.25. The molecule has 0 saturated heterocycles. The molecule has 1 heterocycles. The summed E-state index contributed by atoms with van der Waals surface area (Å²) < 4.78 is 0. The Morgan fingerprint density at radius 1 is 1.33 bits per heavy atom. The van der Waals surface area contributed by atoms with Crippen molar-refractivity contribution in [2.45, 2.75) is 26.3 Å². The third-order valence-electron chi connectivity index (χ3n) is 2.74. The third kappa shape index (κ3) is 4.30. The molecule has 0 aliphatic heterocycles. The molecule has 0 aliphatic rings. The number of benzene rings is 1. The number of nitrogens with one attached hydrogen (secondary N) is 2. The van der Waals surface area contributed by atoms with E-state index in [9.17, 15) is 4.79 Å². The fourth-order valence-corrected chi connectivity index (χ4v) is 2.57. The monoisotopic (exact) mass is 344 g/mol. The average Bonchev–Trinajstić information content (AvgIpc) is 2.85. The van der Waals surface area contributed by atoms with E-state index in [0.717, 1.165) is 10.7 Å². The van der Waals surface area contributed by atoms with Crippen molar-refractivity contribution in [1.82, 2.24) is 10.2 Å². The maximum atomic E-state index is 12.2. The largest absolute Gasteiger partial charge is 0.374 e.